The van der Waals surface area contributed by atoms with Gasteiger partial charge in [-0.05, 0) is 30.3 Å². The second-order valence-electron chi connectivity index (χ2n) is 5.19. The van der Waals surface area contributed by atoms with Crippen LogP contribution in [0.1, 0.15) is 6.42 Å². The van der Waals surface area contributed by atoms with Gasteiger partial charge in [0.05, 0.1) is 20.9 Å². The molecule has 0 spiro atoms. The number of aromatic nitrogens is 1. The number of hydrogen-bond donors (Lipinski definition) is 2. The highest BCUT2D eigenvalue weighted by atomic mass is 35.5. The van der Waals surface area contributed by atoms with Gasteiger partial charge >= 0.3 is 0 Å². The summed E-state index contributed by atoms with van der Waals surface area (Å²) in [5.41, 5.74) is 5.92. The van der Waals surface area contributed by atoms with Crippen molar-refractivity contribution in [3.63, 3.8) is 0 Å². The van der Waals surface area contributed by atoms with Crippen LogP contribution in [0.25, 0.3) is 10.2 Å². The predicted octanol–water partition coefficient (Wildman–Crippen LogP) is 3.26. The van der Waals surface area contributed by atoms with Crippen molar-refractivity contribution in [2.24, 2.45) is 0 Å². The van der Waals surface area contributed by atoms with Gasteiger partial charge in [0.25, 0.3) is 0 Å². The second kappa shape index (κ2) is 7.38. The highest BCUT2D eigenvalue weighted by molar-refractivity contribution is 7.91. The molecule has 1 amide bonds. The first-order valence-corrected chi connectivity index (χ1v) is 10.2. The molecule has 3 aromatic rings. The van der Waals surface area contributed by atoms with E-state index >= 15 is 0 Å². The molecule has 25 heavy (non-hydrogen) atoms. The molecule has 0 aliphatic rings. The largest absolute Gasteiger partial charge is 0.273 e. The number of fused-ring (bicyclic) bond motifs is 1. The maximum atomic E-state index is 12.1. The number of nitrogens with zero attached hydrogens (tertiary/aromatic N) is 1. The maximum Gasteiger partial charge on any atom is 0.239 e. The number of hydrazine groups is 1. The number of carbonyl (C=O) groups excluding carboxylic acids is 1. The number of benzene rings is 2. The zero-order valence-corrected chi connectivity index (χ0v) is 15.3. The number of amides is 1. The number of hydrogen-bond acceptors (Lipinski definition) is 6. The van der Waals surface area contributed by atoms with Gasteiger partial charge in [-0.2, -0.15) is 0 Å². The highest BCUT2D eigenvalue weighted by Gasteiger charge is 2.16. The SMILES string of the molecule is O=C(CCS(=O)(=O)c1ccccc1)NNc1nc2ccc(Cl)cc2s1. The number of halogens is 1. The molecule has 9 heteroatoms. The lowest BCUT2D eigenvalue weighted by atomic mass is 10.3. The molecule has 0 bridgehead atoms. The number of thiazole rings is 1. The molecule has 0 aliphatic heterocycles. The van der Waals surface area contributed by atoms with Crippen LogP contribution in [0.4, 0.5) is 5.13 Å². The molecule has 0 aliphatic carbocycles. The minimum atomic E-state index is -3.48. The fraction of sp³-hybridized carbons (Fsp3) is 0.125. The van der Waals surface area contributed by atoms with Crippen LogP contribution in [-0.4, -0.2) is 25.1 Å². The van der Waals surface area contributed by atoms with Gasteiger partial charge in [-0.15, -0.1) is 0 Å². The third-order valence-electron chi connectivity index (χ3n) is 3.36. The minimum Gasteiger partial charge on any atom is -0.273 e. The molecule has 1 aromatic heterocycles. The lowest BCUT2D eigenvalue weighted by Gasteiger charge is -2.06. The molecule has 0 radical (unpaired) electrons. The summed E-state index contributed by atoms with van der Waals surface area (Å²) in [6.45, 7) is 0. The number of sulfone groups is 1. The molecule has 2 aromatic carbocycles. The molecule has 0 fully saturated rings. The van der Waals surface area contributed by atoms with Gasteiger partial charge in [0, 0.05) is 11.4 Å². The Bertz CT molecular complexity index is 1000. The topological polar surface area (TPSA) is 88.2 Å². The molecule has 0 saturated heterocycles. The number of nitrogens with one attached hydrogen (secondary N) is 2. The van der Waals surface area contributed by atoms with E-state index in [0.29, 0.717) is 10.2 Å². The first-order valence-electron chi connectivity index (χ1n) is 7.33. The van der Waals surface area contributed by atoms with E-state index in [-0.39, 0.29) is 17.1 Å². The molecule has 130 valence electrons. The summed E-state index contributed by atoms with van der Waals surface area (Å²) in [4.78, 5) is 16.4. The zero-order chi connectivity index (χ0) is 17.9. The Labute approximate surface area is 153 Å². The molecule has 0 atom stereocenters. The lowest BCUT2D eigenvalue weighted by Crippen LogP contribution is -2.30. The quantitative estimate of drug-likeness (QED) is 0.625. The number of carbonyl (C=O) groups is 1. The Balaban J connectivity index is 1.55. The van der Waals surface area contributed by atoms with E-state index < -0.39 is 15.7 Å². The Morgan fingerprint density at radius 1 is 1.16 bits per heavy atom. The molecule has 1 heterocycles. The summed E-state index contributed by atoms with van der Waals surface area (Å²) in [5, 5.41) is 1.11. The molecule has 2 N–H and O–H groups in total. The van der Waals surface area contributed by atoms with Crippen LogP contribution in [0.5, 0.6) is 0 Å². The van der Waals surface area contributed by atoms with Gasteiger partial charge in [-0.1, -0.05) is 41.1 Å². The van der Waals surface area contributed by atoms with Gasteiger partial charge in [-0.25, -0.2) is 13.4 Å². The van der Waals surface area contributed by atoms with E-state index in [0.717, 1.165) is 10.2 Å². The first-order chi connectivity index (χ1) is 11.9. The highest BCUT2D eigenvalue weighted by Crippen LogP contribution is 2.27. The standard InChI is InChI=1S/C16H14ClN3O3S2/c17-11-6-7-13-14(10-11)24-16(18-13)20-19-15(21)8-9-25(22,23)12-4-2-1-3-5-12/h1-7,10H,8-9H2,(H,18,20)(H,19,21). The Morgan fingerprint density at radius 2 is 1.92 bits per heavy atom. The summed E-state index contributed by atoms with van der Waals surface area (Å²) in [7, 11) is -3.48. The summed E-state index contributed by atoms with van der Waals surface area (Å²) in [6.07, 6.45) is -0.152. The van der Waals surface area contributed by atoms with E-state index in [2.05, 4.69) is 15.8 Å². The monoisotopic (exact) mass is 395 g/mol. The Morgan fingerprint density at radius 3 is 2.68 bits per heavy atom. The Kier molecular flexibility index (Phi) is 5.22. The Hall–Kier alpha value is -2.16. The average Bonchev–Trinajstić information content (AvgIpc) is 3.01. The fourth-order valence-electron chi connectivity index (χ4n) is 2.11. The summed E-state index contributed by atoms with van der Waals surface area (Å²) in [5.74, 6) is -0.697. The van der Waals surface area contributed by atoms with Crippen LogP contribution in [0.15, 0.2) is 53.4 Å². The van der Waals surface area contributed by atoms with Crippen molar-refractivity contribution >= 4 is 54.0 Å². The predicted molar refractivity (Wildman–Crippen MR) is 99.5 cm³/mol. The maximum absolute atomic E-state index is 12.1. The van der Waals surface area contributed by atoms with E-state index in [4.69, 9.17) is 11.6 Å². The number of anilines is 1. The summed E-state index contributed by atoms with van der Waals surface area (Å²) < 4.78 is 25.2. The van der Waals surface area contributed by atoms with Crippen molar-refractivity contribution in [3.8, 4) is 0 Å². The van der Waals surface area contributed by atoms with Gasteiger partial charge in [0.15, 0.2) is 9.84 Å². The molecular formula is C16H14ClN3O3S2. The summed E-state index contributed by atoms with van der Waals surface area (Å²) >= 11 is 7.26. The van der Waals surface area contributed by atoms with Crippen molar-refractivity contribution in [2.75, 3.05) is 11.2 Å². The molecule has 6 nitrogen and oxygen atoms in total. The number of rotatable bonds is 6. The van der Waals surface area contributed by atoms with Crippen LogP contribution in [0.2, 0.25) is 5.02 Å². The zero-order valence-electron chi connectivity index (χ0n) is 12.9. The third-order valence-corrected chi connectivity index (χ3v) is 6.26. The first kappa shape index (κ1) is 17.7. The third kappa shape index (κ3) is 4.47. The van der Waals surface area contributed by atoms with Crippen LogP contribution in [-0.2, 0) is 14.6 Å². The normalized spacial score (nSPS) is 11.4. The van der Waals surface area contributed by atoms with E-state index in [1.165, 1.54) is 23.5 Å². The van der Waals surface area contributed by atoms with Crippen LogP contribution >= 0.6 is 22.9 Å². The minimum absolute atomic E-state index is 0.152. The van der Waals surface area contributed by atoms with E-state index in [1.54, 1.807) is 36.4 Å². The average molecular weight is 396 g/mol. The van der Waals surface area contributed by atoms with E-state index in [1.807, 2.05) is 0 Å². The molecular weight excluding hydrogens is 382 g/mol. The molecule has 0 saturated carbocycles. The van der Waals surface area contributed by atoms with Crippen molar-refractivity contribution < 1.29 is 13.2 Å². The molecule has 0 unspecified atom stereocenters. The van der Waals surface area contributed by atoms with Gasteiger partial charge in [-0.3, -0.25) is 15.6 Å². The van der Waals surface area contributed by atoms with E-state index in [9.17, 15) is 13.2 Å². The lowest BCUT2D eigenvalue weighted by molar-refractivity contribution is -0.120. The van der Waals surface area contributed by atoms with Gasteiger partial charge in [0.2, 0.25) is 11.0 Å². The van der Waals surface area contributed by atoms with Gasteiger partial charge in [0.1, 0.15) is 0 Å². The fourth-order valence-corrected chi connectivity index (χ4v) is 4.47. The van der Waals surface area contributed by atoms with Crippen LogP contribution in [0.3, 0.4) is 0 Å². The second-order valence-corrected chi connectivity index (χ2v) is 8.76. The summed E-state index contributed by atoms with van der Waals surface area (Å²) in [6, 6.07) is 13.4. The van der Waals surface area contributed by atoms with Crippen LogP contribution < -0.4 is 10.9 Å². The van der Waals surface area contributed by atoms with Crippen molar-refractivity contribution in [1.29, 1.82) is 0 Å². The molecule has 3 rings (SSSR count). The van der Waals surface area contributed by atoms with Crippen LogP contribution in [0, 0.1) is 0 Å². The van der Waals surface area contributed by atoms with Crippen molar-refractivity contribution in [1.82, 2.24) is 10.4 Å². The smallest absolute Gasteiger partial charge is 0.239 e. The van der Waals surface area contributed by atoms with Crippen molar-refractivity contribution in [2.45, 2.75) is 11.3 Å². The van der Waals surface area contributed by atoms with Crippen molar-refractivity contribution in [3.05, 3.63) is 53.6 Å². The van der Waals surface area contributed by atoms with Gasteiger partial charge < -0.3 is 0 Å².